The van der Waals surface area contributed by atoms with Crippen molar-refractivity contribution in [1.29, 1.82) is 0 Å². The molecule has 2 rings (SSSR count). The predicted octanol–water partition coefficient (Wildman–Crippen LogP) is 5.79. The number of unbranched alkanes of at least 4 members (excludes halogenated alkanes) is 5. The molecular formula is C21H27FO3. The summed E-state index contributed by atoms with van der Waals surface area (Å²) in [5, 5.41) is 0.502. The summed E-state index contributed by atoms with van der Waals surface area (Å²) in [7, 11) is 0. The average Bonchev–Trinajstić information content (AvgIpc) is 2.60. The fourth-order valence-electron chi connectivity index (χ4n) is 2.82. The summed E-state index contributed by atoms with van der Waals surface area (Å²) in [6, 6.07) is 5.01. The van der Waals surface area contributed by atoms with E-state index in [2.05, 4.69) is 13.5 Å². The van der Waals surface area contributed by atoms with Gasteiger partial charge in [0, 0.05) is 6.42 Å². The van der Waals surface area contributed by atoms with Gasteiger partial charge < -0.3 is 9.15 Å². The second kappa shape index (κ2) is 10.0. The third-order valence-corrected chi connectivity index (χ3v) is 4.23. The van der Waals surface area contributed by atoms with Crippen LogP contribution in [-0.2, 0) is 6.42 Å². The van der Waals surface area contributed by atoms with Crippen LogP contribution in [0.3, 0.4) is 0 Å². The van der Waals surface area contributed by atoms with Crippen LogP contribution in [0.15, 0.2) is 40.1 Å². The maximum Gasteiger partial charge on any atom is 0.346 e. The minimum Gasteiger partial charge on any atom is -0.490 e. The SMILES string of the molecule is C=CCCc1cc2ccc(OCCCCCCCC)c(F)c2c(=O)o1. The topological polar surface area (TPSA) is 39.4 Å². The van der Waals surface area contributed by atoms with Gasteiger partial charge in [-0.2, -0.15) is 0 Å². The lowest BCUT2D eigenvalue weighted by Crippen LogP contribution is -2.07. The van der Waals surface area contributed by atoms with Gasteiger partial charge >= 0.3 is 5.63 Å². The minimum absolute atomic E-state index is 0.0391. The lowest BCUT2D eigenvalue weighted by Gasteiger charge is -2.09. The van der Waals surface area contributed by atoms with Crippen LogP contribution in [0.25, 0.3) is 10.8 Å². The molecule has 0 atom stereocenters. The molecule has 0 saturated carbocycles. The summed E-state index contributed by atoms with van der Waals surface area (Å²) < 4.78 is 25.3. The van der Waals surface area contributed by atoms with Gasteiger partial charge in [-0.25, -0.2) is 9.18 Å². The highest BCUT2D eigenvalue weighted by Gasteiger charge is 2.14. The molecule has 1 aromatic heterocycles. The van der Waals surface area contributed by atoms with Crippen LogP contribution < -0.4 is 10.4 Å². The second-order valence-electron chi connectivity index (χ2n) is 6.29. The largest absolute Gasteiger partial charge is 0.490 e. The standard InChI is InChI=1S/C21H27FO3/c1-3-5-7-8-9-10-14-24-18-13-12-16-15-17(11-6-4-2)25-21(23)19(16)20(18)22/h4,12-13,15H,2-3,5-11,14H2,1H3. The van der Waals surface area contributed by atoms with E-state index in [0.717, 1.165) is 12.8 Å². The Morgan fingerprint density at radius 1 is 1.20 bits per heavy atom. The van der Waals surface area contributed by atoms with Crippen LogP contribution in [-0.4, -0.2) is 6.61 Å². The highest BCUT2D eigenvalue weighted by Crippen LogP contribution is 2.25. The highest BCUT2D eigenvalue weighted by atomic mass is 19.1. The number of ether oxygens (including phenoxy) is 1. The van der Waals surface area contributed by atoms with E-state index in [1.807, 2.05) is 0 Å². The van der Waals surface area contributed by atoms with Gasteiger partial charge in [0.25, 0.3) is 0 Å². The first-order valence-electron chi connectivity index (χ1n) is 9.16. The maximum atomic E-state index is 14.6. The van der Waals surface area contributed by atoms with E-state index in [0.29, 0.717) is 30.6 Å². The molecule has 0 aliphatic rings. The van der Waals surface area contributed by atoms with Gasteiger partial charge in [-0.3, -0.25) is 0 Å². The number of fused-ring (bicyclic) bond motifs is 1. The molecule has 0 unspecified atom stereocenters. The van der Waals surface area contributed by atoms with E-state index in [-0.39, 0.29) is 11.1 Å². The number of rotatable bonds is 11. The monoisotopic (exact) mass is 346 g/mol. The van der Waals surface area contributed by atoms with Gasteiger partial charge in [-0.1, -0.05) is 51.2 Å². The molecule has 136 valence electrons. The molecule has 0 N–H and O–H groups in total. The molecule has 25 heavy (non-hydrogen) atoms. The molecule has 0 bridgehead atoms. The number of halogens is 1. The lowest BCUT2D eigenvalue weighted by molar-refractivity contribution is 0.291. The van der Waals surface area contributed by atoms with E-state index in [1.165, 1.54) is 25.7 Å². The van der Waals surface area contributed by atoms with Crippen LogP contribution in [0.2, 0.25) is 0 Å². The van der Waals surface area contributed by atoms with Crippen LogP contribution in [0.4, 0.5) is 4.39 Å². The van der Waals surface area contributed by atoms with Crippen molar-refractivity contribution in [3.63, 3.8) is 0 Å². The van der Waals surface area contributed by atoms with Gasteiger partial charge in [-0.05, 0) is 30.4 Å². The zero-order chi connectivity index (χ0) is 18.1. The first-order chi connectivity index (χ1) is 12.2. The molecule has 0 fully saturated rings. The molecule has 0 radical (unpaired) electrons. The minimum atomic E-state index is -0.654. The summed E-state index contributed by atoms with van der Waals surface area (Å²) in [4.78, 5) is 12.1. The van der Waals surface area contributed by atoms with Crippen LogP contribution in [0.1, 0.15) is 57.6 Å². The average molecular weight is 346 g/mol. The molecule has 0 saturated heterocycles. The molecule has 0 amide bonds. The normalized spacial score (nSPS) is 11.0. The summed E-state index contributed by atoms with van der Waals surface area (Å²) in [6.45, 7) is 6.29. The van der Waals surface area contributed by atoms with Crippen molar-refractivity contribution in [1.82, 2.24) is 0 Å². The van der Waals surface area contributed by atoms with Gasteiger partial charge in [0.2, 0.25) is 0 Å². The quantitative estimate of drug-likeness (QED) is 0.382. The molecule has 0 aliphatic carbocycles. The van der Waals surface area contributed by atoms with Crippen molar-refractivity contribution < 1.29 is 13.5 Å². The molecule has 4 heteroatoms. The van der Waals surface area contributed by atoms with Crippen molar-refractivity contribution >= 4 is 10.8 Å². The van der Waals surface area contributed by atoms with Crippen LogP contribution in [0, 0.1) is 5.82 Å². The fourth-order valence-corrected chi connectivity index (χ4v) is 2.82. The Morgan fingerprint density at radius 2 is 1.96 bits per heavy atom. The third-order valence-electron chi connectivity index (χ3n) is 4.23. The Hall–Kier alpha value is -2.10. The Bertz CT molecular complexity index is 749. The molecule has 1 aromatic carbocycles. The zero-order valence-corrected chi connectivity index (χ0v) is 15.0. The lowest BCUT2D eigenvalue weighted by atomic mass is 10.1. The summed E-state index contributed by atoms with van der Waals surface area (Å²) in [5.41, 5.74) is -0.654. The van der Waals surface area contributed by atoms with E-state index in [4.69, 9.17) is 9.15 Å². The molecule has 0 spiro atoms. The van der Waals surface area contributed by atoms with Crippen molar-refractivity contribution in [2.24, 2.45) is 0 Å². The van der Waals surface area contributed by atoms with E-state index in [9.17, 15) is 9.18 Å². The Balaban J connectivity index is 2.02. The Labute approximate surface area is 148 Å². The Morgan fingerprint density at radius 3 is 2.72 bits per heavy atom. The van der Waals surface area contributed by atoms with E-state index in [1.54, 1.807) is 24.3 Å². The molecular weight excluding hydrogens is 319 g/mol. The number of allylic oxidation sites excluding steroid dienone is 1. The summed E-state index contributed by atoms with van der Waals surface area (Å²) in [6.07, 6.45) is 9.87. The number of benzene rings is 1. The van der Waals surface area contributed by atoms with E-state index < -0.39 is 11.4 Å². The van der Waals surface area contributed by atoms with Crippen molar-refractivity contribution in [2.75, 3.05) is 6.61 Å². The molecule has 1 heterocycles. The van der Waals surface area contributed by atoms with E-state index >= 15 is 0 Å². The van der Waals surface area contributed by atoms with Gasteiger partial charge in [0.1, 0.15) is 11.1 Å². The van der Waals surface area contributed by atoms with Crippen molar-refractivity contribution in [3.05, 3.63) is 52.9 Å². The first-order valence-corrected chi connectivity index (χ1v) is 9.16. The summed E-state index contributed by atoms with van der Waals surface area (Å²) >= 11 is 0. The molecule has 0 aliphatic heterocycles. The third kappa shape index (κ3) is 5.45. The zero-order valence-electron chi connectivity index (χ0n) is 15.0. The smallest absolute Gasteiger partial charge is 0.346 e. The first kappa shape index (κ1) is 19.2. The van der Waals surface area contributed by atoms with Gasteiger partial charge in [-0.15, -0.1) is 6.58 Å². The van der Waals surface area contributed by atoms with Gasteiger partial charge in [0.05, 0.1) is 6.61 Å². The highest BCUT2D eigenvalue weighted by molar-refractivity contribution is 5.83. The van der Waals surface area contributed by atoms with Crippen molar-refractivity contribution in [3.8, 4) is 5.75 Å². The van der Waals surface area contributed by atoms with Crippen molar-refractivity contribution in [2.45, 2.75) is 58.3 Å². The Kier molecular flexibility index (Phi) is 7.71. The van der Waals surface area contributed by atoms with Crippen LogP contribution in [0.5, 0.6) is 5.75 Å². The predicted molar refractivity (Wildman–Crippen MR) is 99.8 cm³/mol. The fraction of sp³-hybridized carbons (Fsp3) is 0.476. The number of hydrogen-bond acceptors (Lipinski definition) is 3. The molecule has 2 aromatic rings. The number of hydrogen-bond donors (Lipinski definition) is 0. The van der Waals surface area contributed by atoms with Gasteiger partial charge in [0.15, 0.2) is 11.6 Å². The number of aryl methyl sites for hydroxylation is 1. The van der Waals surface area contributed by atoms with Crippen LogP contribution >= 0.6 is 0 Å². The molecule has 3 nitrogen and oxygen atoms in total. The second-order valence-corrected chi connectivity index (χ2v) is 6.29. The summed E-state index contributed by atoms with van der Waals surface area (Å²) in [5.74, 6) is 0.0252. The maximum absolute atomic E-state index is 14.6.